The first-order valence-corrected chi connectivity index (χ1v) is 6.93. The number of anilines is 1. The third-order valence-corrected chi connectivity index (χ3v) is 3.14. The van der Waals surface area contributed by atoms with Crippen LogP contribution in [-0.2, 0) is 17.8 Å². The molecule has 6 nitrogen and oxygen atoms in total. The second-order valence-corrected chi connectivity index (χ2v) is 4.86. The van der Waals surface area contributed by atoms with Crippen LogP contribution in [0.15, 0.2) is 28.8 Å². The van der Waals surface area contributed by atoms with E-state index >= 15 is 0 Å². The van der Waals surface area contributed by atoms with E-state index in [9.17, 15) is 4.79 Å². The Labute approximate surface area is 123 Å². The molecule has 0 saturated heterocycles. The quantitative estimate of drug-likeness (QED) is 0.843. The second kappa shape index (κ2) is 6.88. The monoisotopic (exact) mass is 289 g/mol. The number of hydrogen-bond acceptors (Lipinski definition) is 5. The lowest BCUT2D eigenvalue weighted by Gasteiger charge is -2.22. The summed E-state index contributed by atoms with van der Waals surface area (Å²) in [6.07, 6.45) is 0.749. The standard InChI is InChI=1S/C15H19N3O3/c1-3-14-16-13(17-21-14)10-18(9-8-15(19)20)12-6-4-11(2)5-7-12/h4-7H,3,8-10H2,1-2H3,(H,19,20). The topological polar surface area (TPSA) is 79.5 Å². The second-order valence-electron chi connectivity index (χ2n) is 4.86. The molecule has 0 spiro atoms. The van der Waals surface area contributed by atoms with Crippen molar-refractivity contribution in [2.24, 2.45) is 0 Å². The summed E-state index contributed by atoms with van der Waals surface area (Å²) >= 11 is 0. The molecule has 21 heavy (non-hydrogen) atoms. The molecular formula is C15H19N3O3. The van der Waals surface area contributed by atoms with Crippen LogP contribution in [0, 0.1) is 6.92 Å². The van der Waals surface area contributed by atoms with E-state index in [1.165, 1.54) is 0 Å². The molecule has 0 bridgehead atoms. The minimum absolute atomic E-state index is 0.0619. The van der Waals surface area contributed by atoms with Gasteiger partial charge in [-0.3, -0.25) is 4.79 Å². The highest BCUT2D eigenvalue weighted by atomic mass is 16.5. The molecule has 1 N–H and O–H groups in total. The maximum absolute atomic E-state index is 10.8. The molecule has 0 fully saturated rings. The molecule has 6 heteroatoms. The highest BCUT2D eigenvalue weighted by Gasteiger charge is 2.13. The Morgan fingerprint density at radius 1 is 1.33 bits per heavy atom. The van der Waals surface area contributed by atoms with Crippen LogP contribution in [0.5, 0.6) is 0 Å². The fraction of sp³-hybridized carbons (Fsp3) is 0.400. The normalized spacial score (nSPS) is 10.6. The first-order chi connectivity index (χ1) is 10.1. The molecule has 2 rings (SSSR count). The van der Waals surface area contributed by atoms with Gasteiger partial charge in [0.2, 0.25) is 5.89 Å². The summed E-state index contributed by atoms with van der Waals surface area (Å²) in [5, 5.41) is 12.8. The number of benzene rings is 1. The summed E-state index contributed by atoms with van der Waals surface area (Å²) in [4.78, 5) is 17.0. The van der Waals surface area contributed by atoms with Gasteiger partial charge in [0.1, 0.15) is 0 Å². The smallest absolute Gasteiger partial charge is 0.305 e. The van der Waals surface area contributed by atoms with Gasteiger partial charge in [0.05, 0.1) is 13.0 Å². The molecule has 0 unspecified atom stereocenters. The Hall–Kier alpha value is -2.37. The summed E-state index contributed by atoms with van der Waals surface area (Å²) in [5.74, 6) is 0.333. The van der Waals surface area contributed by atoms with E-state index in [-0.39, 0.29) is 6.42 Å². The lowest BCUT2D eigenvalue weighted by atomic mass is 10.2. The number of rotatable bonds is 7. The van der Waals surface area contributed by atoms with Gasteiger partial charge < -0.3 is 14.5 Å². The number of aromatic nitrogens is 2. The Kier molecular flexibility index (Phi) is 4.92. The van der Waals surface area contributed by atoms with Gasteiger partial charge in [-0.15, -0.1) is 0 Å². The Bertz CT molecular complexity index is 592. The molecule has 1 aromatic carbocycles. The van der Waals surface area contributed by atoms with E-state index in [1.54, 1.807) is 0 Å². The predicted octanol–water partition coefficient (Wildman–Crippen LogP) is 2.42. The van der Waals surface area contributed by atoms with Crippen molar-refractivity contribution in [1.82, 2.24) is 10.1 Å². The van der Waals surface area contributed by atoms with Crippen LogP contribution in [0.3, 0.4) is 0 Å². The molecule has 0 aliphatic heterocycles. The van der Waals surface area contributed by atoms with Gasteiger partial charge in [0, 0.05) is 18.7 Å². The molecule has 112 valence electrons. The van der Waals surface area contributed by atoms with E-state index in [4.69, 9.17) is 9.63 Å². The average Bonchev–Trinajstić information content (AvgIpc) is 2.92. The number of carboxylic acids is 1. The van der Waals surface area contributed by atoms with E-state index < -0.39 is 5.97 Å². The van der Waals surface area contributed by atoms with Crippen LogP contribution >= 0.6 is 0 Å². The van der Waals surface area contributed by atoms with Crippen molar-refractivity contribution in [3.05, 3.63) is 41.5 Å². The Morgan fingerprint density at radius 2 is 2.05 bits per heavy atom. The van der Waals surface area contributed by atoms with Crippen molar-refractivity contribution in [2.75, 3.05) is 11.4 Å². The number of carboxylic acid groups (broad SMARTS) is 1. The predicted molar refractivity (Wildman–Crippen MR) is 78.2 cm³/mol. The minimum atomic E-state index is -0.825. The van der Waals surface area contributed by atoms with Crippen molar-refractivity contribution in [2.45, 2.75) is 33.2 Å². The van der Waals surface area contributed by atoms with E-state index in [1.807, 2.05) is 43.0 Å². The average molecular weight is 289 g/mol. The van der Waals surface area contributed by atoms with E-state index in [0.717, 1.165) is 11.3 Å². The van der Waals surface area contributed by atoms with Gasteiger partial charge in [-0.2, -0.15) is 4.98 Å². The molecule has 1 aromatic heterocycles. The van der Waals surface area contributed by atoms with Crippen LogP contribution in [0.25, 0.3) is 0 Å². The highest BCUT2D eigenvalue weighted by Crippen LogP contribution is 2.17. The lowest BCUT2D eigenvalue weighted by molar-refractivity contribution is -0.136. The lowest BCUT2D eigenvalue weighted by Crippen LogP contribution is -2.26. The Balaban J connectivity index is 2.14. The van der Waals surface area contributed by atoms with Crippen molar-refractivity contribution in [1.29, 1.82) is 0 Å². The molecule has 0 aliphatic rings. The fourth-order valence-electron chi connectivity index (χ4n) is 1.95. The molecule has 0 aliphatic carbocycles. The highest BCUT2D eigenvalue weighted by molar-refractivity contribution is 5.67. The molecule has 0 radical (unpaired) electrons. The maximum atomic E-state index is 10.8. The SMILES string of the molecule is CCc1nc(CN(CCC(=O)O)c2ccc(C)cc2)no1. The van der Waals surface area contributed by atoms with Crippen LogP contribution in [-0.4, -0.2) is 27.8 Å². The summed E-state index contributed by atoms with van der Waals surface area (Å²) in [7, 11) is 0. The number of nitrogens with zero attached hydrogens (tertiary/aromatic N) is 3. The van der Waals surface area contributed by atoms with E-state index in [2.05, 4.69) is 10.1 Å². The van der Waals surface area contributed by atoms with Gasteiger partial charge in [-0.25, -0.2) is 0 Å². The minimum Gasteiger partial charge on any atom is -0.481 e. The van der Waals surface area contributed by atoms with Crippen LogP contribution in [0.2, 0.25) is 0 Å². The number of aliphatic carboxylic acids is 1. The van der Waals surface area contributed by atoms with Crippen LogP contribution < -0.4 is 4.90 Å². The summed E-state index contributed by atoms with van der Waals surface area (Å²) in [6.45, 7) is 4.78. The van der Waals surface area contributed by atoms with Crippen LogP contribution in [0.4, 0.5) is 5.69 Å². The first kappa shape index (κ1) is 15.0. The number of hydrogen-bond donors (Lipinski definition) is 1. The van der Waals surface area contributed by atoms with E-state index in [0.29, 0.717) is 31.2 Å². The van der Waals surface area contributed by atoms with Gasteiger partial charge in [-0.1, -0.05) is 29.8 Å². The molecule has 0 amide bonds. The van der Waals surface area contributed by atoms with Crippen molar-refractivity contribution >= 4 is 11.7 Å². The zero-order chi connectivity index (χ0) is 15.2. The maximum Gasteiger partial charge on any atom is 0.305 e. The van der Waals surface area contributed by atoms with Crippen molar-refractivity contribution in [3.8, 4) is 0 Å². The van der Waals surface area contributed by atoms with Crippen LogP contribution in [0.1, 0.15) is 30.6 Å². The molecule has 1 heterocycles. The van der Waals surface area contributed by atoms with Crippen molar-refractivity contribution < 1.29 is 14.4 Å². The fourth-order valence-corrected chi connectivity index (χ4v) is 1.95. The summed E-state index contributed by atoms with van der Waals surface area (Å²) < 4.78 is 5.09. The summed E-state index contributed by atoms with van der Waals surface area (Å²) in [6, 6.07) is 7.93. The van der Waals surface area contributed by atoms with Crippen molar-refractivity contribution in [3.63, 3.8) is 0 Å². The Morgan fingerprint density at radius 3 is 2.62 bits per heavy atom. The first-order valence-electron chi connectivity index (χ1n) is 6.93. The largest absolute Gasteiger partial charge is 0.481 e. The zero-order valence-corrected chi connectivity index (χ0v) is 12.2. The van der Waals surface area contributed by atoms with Gasteiger partial charge in [0.15, 0.2) is 5.82 Å². The zero-order valence-electron chi connectivity index (χ0n) is 12.2. The van der Waals surface area contributed by atoms with Gasteiger partial charge in [0.25, 0.3) is 0 Å². The third-order valence-electron chi connectivity index (χ3n) is 3.14. The molecule has 0 saturated carbocycles. The molecule has 0 atom stereocenters. The molecular weight excluding hydrogens is 270 g/mol. The van der Waals surface area contributed by atoms with Gasteiger partial charge in [-0.05, 0) is 19.1 Å². The summed E-state index contributed by atoms with van der Waals surface area (Å²) in [5.41, 5.74) is 2.11. The van der Waals surface area contributed by atoms with Gasteiger partial charge >= 0.3 is 5.97 Å². The third kappa shape index (κ3) is 4.30. The number of aryl methyl sites for hydroxylation is 2. The molecule has 2 aromatic rings. The number of carbonyl (C=O) groups is 1.